The molecule has 0 spiro atoms. The summed E-state index contributed by atoms with van der Waals surface area (Å²) in [5.41, 5.74) is 0. The van der Waals surface area contributed by atoms with Crippen molar-refractivity contribution in [2.24, 2.45) is 0 Å². The maximum absolute atomic E-state index is 11.8. The van der Waals surface area contributed by atoms with Crippen LogP contribution in [0.2, 0.25) is 0 Å². The van der Waals surface area contributed by atoms with Gasteiger partial charge in [0, 0.05) is 40.1 Å². The van der Waals surface area contributed by atoms with Crippen molar-refractivity contribution in [3.8, 4) is 0 Å². The van der Waals surface area contributed by atoms with Gasteiger partial charge in [-0.3, -0.25) is 0 Å². The second-order valence-electron chi connectivity index (χ2n) is 11.8. The molecule has 2 rings (SSSR count). The van der Waals surface area contributed by atoms with Gasteiger partial charge in [0.05, 0.1) is 13.2 Å². The Balaban J connectivity index is 2.38. The molecule has 10 atom stereocenters. The van der Waals surface area contributed by atoms with Crippen molar-refractivity contribution in [2.75, 3.05) is 53.4 Å². The van der Waals surface area contributed by atoms with Gasteiger partial charge in [-0.25, -0.2) is 0 Å². The number of ether oxygens (including phenoxy) is 9. The molecular weight excluding hydrogens is 572 g/mol. The number of hydrogen-bond donors (Lipinski definition) is 2. The van der Waals surface area contributed by atoms with Crippen LogP contribution >= 0.6 is 0 Å². The van der Waals surface area contributed by atoms with E-state index in [-0.39, 0.29) is 13.2 Å². The van der Waals surface area contributed by atoms with E-state index in [1.807, 2.05) is 0 Å². The Bertz CT molecular complexity index is 686. The van der Waals surface area contributed by atoms with Crippen LogP contribution in [0.4, 0.5) is 0 Å². The quantitative estimate of drug-likeness (QED) is 0.155. The van der Waals surface area contributed by atoms with E-state index in [4.69, 9.17) is 42.6 Å². The third-order valence-electron chi connectivity index (χ3n) is 8.04. The van der Waals surface area contributed by atoms with Crippen molar-refractivity contribution in [3.05, 3.63) is 0 Å². The summed E-state index contributed by atoms with van der Waals surface area (Å²) in [5, 5.41) is 23.0. The number of aliphatic hydroxyl groups is 2. The molecule has 0 bridgehead atoms. The Hall–Kier alpha value is -0.440. The maximum Gasteiger partial charge on any atom is 0.187 e. The molecule has 0 radical (unpaired) electrons. The van der Waals surface area contributed by atoms with Gasteiger partial charge in [-0.05, 0) is 32.1 Å². The normalized spacial score (nSPS) is 33.3. The van der Waals surface area contributed by atoms with Gasteiger partial charge in [0.1, 0.15) is 48.8 Å². The average molecular weight is 637 g/mol. The minimum atomic E-state index is -1.11. The summed E-state index contributed by atoms with van der Waals surface area (Å²) in [4.78, 5) is 0. The molecule has 2 aliphatic rings. The van der Waals surface area contributed by atoms with E-state index >= 15 is 0 Å². The Kier molecular flexibility index (Phi) is 21.5. The van der Waals surface area contributed by atoms with Crippen LogP contribution in [-0.4, -0.2) is 125 Å². The van der Waals surface area contributed by atoms with Gasteiger partial charge in [0.15, 0.2) is 12.6 Å². The summed E-state index contributed by atoms with van der Waals surface area (Å²) in [6, 6.07) is 0. The first-order valence-electron chi connectivity index (χ1n) is 17.3. The minimum absolute atomic E-state index is 0.0167. The second kappa shape index (κ2) is 23.8. The third-order valence-corrected chi connectivity index (χ3v) is 8.04. The molecule has 2 fully saturated rings. The van der Waals surface area contributed by atoms with E-state index in [1.54, 1.807) is 7.11 Å². The molecule has 0 aromatic carbocycles. The SMILES string of the molecule is CCCCOC1C(OCCCC)[C@H](O)[C@H](O[C@H]2OC[C@@H](O)[C@@H](OCCCC)C(OCCCC)C2OCCCC)CO[C@@H]1OC. The van der Waals surface area contributed by atoms with Gasteiger partial charge in [-0.15, -0.1) is 0 Å². The zero-order valence-electron chi connectivity index (χ0n) is 28.4. The molecule has 2 N–H and O–H groups in total. The van der Waals surface area contributed by atoms with E-state index in [2.05, 4.69) is 34.6 Å². The lowest BCUT2D eigenvalue weighted by atomic mass is 10.0. The standard InChI is InChI=1S/C33H64O11/c1-7-12-17-37-27-24(34)22-42-33(31(41-21-16-11-5)29(27)39-19-14-9-3)44-25-23-43-32(36-6)30(40-20-15-10-4)28(26(25)35)38-18-13-8-2/h24-35H,7-23H2,1-6H3/t24-,25-,26-,27-,28?,29?,30?,31?,32+,33-/m1/s1. The molecule has 2 saturated heterocycles. The van der Waals surface area contributed by atoms with Crippen LogP contribution in [0, 0.1) is 0 Å². The van der Waals surface area contributed by atoms with Crippen molar-refractivity contribution in [2.45, 2.75) is 160 Å². The summed E-state index contributed by atoms with van der Waals surface area (Å²) in [6.45, 7) is 12.8. The first-order chi connectivity index (χ1) is 21.5. The molecule has 0 saturated carbocycles. The summed E-state index contributed by atoms with van der Waals surface area (Å²) < 4.78 is 56.0. The van der Waals surface area contributed by atoms with Gasteiger partial charge in [-0.2, -0.15) is 0 Å². The van der Waals surface area contributed by atoms with E-state index in [0.29, 0.717) is 33.0 Å². The predicted molar refractivity (Wildman–Crippen MR) is 167 cm³/mol. The van der Waals surface area contributed by atoms with E-state index in [1.165, 1.54) is 0 Å². The van der Waals surface area contributed by atoms with E-state index in [9.17, 15) is 10.2 Å². The fraction of sp³-hybridized carbons (Fsp3) is 1.00. The van der Waals surface area contributed by atoms with Crippen molar-refractivity contribution < 1.29 is 52.8 Å². The highest BCUT2D eigenvalue weighted by molar-refractivity contribution is 4.93. The Morgan fingerprint density at radius 3 is 1.41 bits per heavy atom. The third kappa shape index (κ3) is 13.0. The molecular formula is C33H64O11. The monoisotopic (exact) mass is 636 g/mol. The molecule has 11 heteroatoms. The topological polar surface area (TPSA) is 124 Å². The average Bonchev–Trinajstić information content (AvgIpc) is 3.22. The van der Waals surface area contributed by atoms with Gasteiger partial charge in [0.2, 0.25) is 0 Å². The summed E-state index contributed by atoms with van der Waals surface area (Å²) in [5.74, 6) is 0. The number of aliphatic hydroxyl groups excluding tert-OH is 2. The van der Waals surface area contributed by atoms with E-state index in [0.717, 1.165) is 64.2 Å². The molecule has 0 aromatic heterocycles. The van der Waals surface area contributed by atoms with Crippen LogP contribution in [0.25, 0.3) is 0 Å². The first-order valence-corrected chi connectivity index (χ1v) is 17.3. The number of unbranched alkanes of at least 4 members (excludes halogenated alkanes) is 5. The van der Waals surface area contributed by atoms with E-state index < -0.39 is 61.4 Å². The van der Waals surface area contributed by atoms with Gasteiger partial charge in [-0.1, -0.05) is 66.7 Å². The zero-order valence-corrected chi connectivity index (χ0v) is 28.4. The van der Waals surface area contributed by atoms with Crippen molar-refractivity contribution in [1.29, 1.82) is 0 Å². The van der Waals surface area contributed by atoms with Crippen molar-refractivity contribution >= 4 is 0 Å². The molecule has 2 heterocycles. The van der Waals surface area contributed by atoms with Crippen molar-refractivity contribution in [1.82, 2.24) is 0 Å². The molecule has 4 unspecified atom stereocenters. The highest BCUT2D eigenvalue weighted by Crippen LogP contribution is 2.30. The Labute approximate surface area is 266 Å². The van der Waals surface area contributed by atoms with Gasteiger partial charge in [0.25, 0.3) is 0 Å². The molecule has 11 nitrogen and oxygen atoms in total. The fourth-order valence-electron chi connectivity index (χ4n) is 5.25. The highest BCUT2D eigenvalue weighted by atomic mass is 16.7. The lowest BCUT2D eigenvalue weighted by Crippen LogP contribution is -2.54. The molecule has 0 amide bonds. The summed E-state index contributed by atoms with van der Waals surface area (Å²) in [6.07, 6.45) is 0.987. The second-order valence-corrected chi connectivity index (χ2v) is 11.8. The lowest BCUT2D eigenvalue weighted by molar-refractivity contribution is -0.268. The number of methoxy groups -OCH3 is 1. The summed E-state index contributed by atoms with van der Waals surface area (Å²) >= 11 is 0. The van der Waals surface area contributed by atoms with Crippen LogP contribution in [0.3, 0.4) is 0 Å². The van der Waals surface area contributed by atoms with Crippen molar-refractivity contribution in [3.63, 3.8) is 0 Å². The van der Waals surface area contributed by atoms with Gasteiger partial charge >= 0.3 is 0 Å². The Morgan fingerprint density at radius 2 is 0.932 bits per heavy atom. The molecule has 0 aliphatic carbocycles. The largest absolute Gasteiger partial charge is 0.388 e. The number of rotatable bonds is 23. The highest BCUT2D eigenvalue weighted by Gasteiger charge is 2.49. The maximum atomic E-state index is 11.8. The van der Waals surface area contributed by atoms with Crippen LogP contribution in [0.1, 0.15) is 98.8 Å². The predicted octanol–water partition coefficient (Wildman–Crippen LogP) is 4.38. The van der Waals surface area contributed by atoms with Crippen LogP contribution < -0.4 is 0 Å². The van der Waals surface area contributed by atoms with Crippen LogP contribution in [-0.2, 0) is 42.6 Å². The summed E-state index contributed by atoms with van der Waals surface area (Å²) in [7, 11) is 1.56. The molecule has 262 valence electrons. The smallest absolute Gasteiger partial charge is 0.187 e. The molecule has 44 heavy (non-hydrogen) atoms. The lowest BCUT2D eigenvalue weighted by Gasteiger charge is -2.37. The fourth-order valence-corrected chi connectivity index (χ4v) is 5.25. The van der Waals surface area contributed by atoms with Crippen LogP contribution in [0.15, 0.2) is 0 Å². The first kappa shape index (κ1) is 39.7. The van der Waals surface area contributed by atoms with Gasteiger partial charge < -0.3 is 52.8 Å². The number of hydrogen-bond acceptors (Lipinski definition) is 11. The molecule has 2 aliphatic heterocycles. The molecule has 0 aromatic rings. The Morgan fingerprint density at radius 1 is 0.523 bits per heavy atom. The minimum Gasteiger partial charge on any atom is -0.388 e. The zero-order chi connectivity index (χ0) is 32.2. The van der Waals surface area contributed by atoms with Crippen LogP contribution in [0.5, 0.6) is 0 Å².